The number of aldehydes is 1. The van der Waals surface area contributed by atoms with E-state index in [1.54, 1.807) is 18.9 Å². The Balaban J connectivity index is 3.06. The van der Waals surface area contributed by atoms with Crippen molar-refractivity contribution in [3.63, 3.8) is 0 Å². The summed E-state index contributed by atoms with van der Waals surface area (Å²) < 4.78 is 63.9. The Labute approximate surface area is 156 Å². The van der Waals surface area contributed by atoms with Gasteiger partial charge in [-0.15, -0.1) is 0 Å². The Hall–Kier alpha value is -2.16. The van der Waals surface area contributed by atoms with E-state index >= 15 is 0 Å². The first-order chi connectivity index (χ1) is 12.3. The van der Waals surface area contributed by atoms with E-state index in [4.69, 9.17) is 0 Å². The highest BCUT2D eigenvalue weighted by molar-refractivity contribution is 5.69. The molecule has 0 aromatic carbocycles. The second kappa shape index (κ2) is 8.69. The monoisotopic (exact) mass is 386 g/mol. The maximum absolute atomic E-state index is 13.3. The Morgan fingerprint density at radius 3 is 2.33 bits per heavy atom. The number of hydrogen-bond donors (Lipinski definition) is 0. The summed E-state index contributed by atoms with van der Waals surface area (Å²) in [7, 11) is 0. The molecule has 1 aliphatic carbocycles. The van der Waals surface area contributed by atoms with Gasteiger partial charge in [0.15, 0.2) is 0 Å². The van der Waals surface area contributed by atoms with Crippen molar-refractivity contribution >= 4 is 6.29 Å². The van der Waals surface area contributed by atoms with Crippen LogP contribution in [0.4, 0.5) is 22.0 Å². The van der Waals surface area contributed by atoms with Crippen LogP contribution in [0.5, 0.6) is 0 Å². The van der Waals surface area contributed by atoms with Crippen LogP contribution in [0.3, 0.4) is 0 Å². The Morgan fingerprint density at radius 2 is 1.81 bits per heavy atom. The zero-order chi connectivity index (χ0) is 20.9. The van der Waals surface area contributed by atoms with Crippen LogP contribution in [0.1, 0.15) is 47.0 Å². The molecule has 0 saturated heterocycles. The second-order valence-electron chi connectivity index (χ2n) is 7.21. The fourth-order valence-corrected chi connectivity index (χ4v) is 2.95. The van der Waals surface area contributed by atoms with E-state index in [0.717, 1.165) is 19.3 Å². The van der Waals surface area contributed by atoms with Crippen molar-refractivity contribution in [1.82, 2.24) is 0 Å². The molecule has 0 aliphatic heterocycles. The van der Waals surface area contributed by atoms with Crippen molar-refractivity contribution < 1.29 is 26.7 Å². The lowest BCUT2D eigenvalue weighted by Gasteiger charge is -2.32. The fourth-order valence-electron chi connectivity index (χ4n) is 2.95. The molecule has 0 heterocycles. The normalized spacial score (nSPS) is 19.1. The molecule has 0 aromatic rings. The molecule has 0 saturated carbocycles. The van der Waals surface area contributed by atoms with E-state index in [0.29, 0.717) is 5.57 Å². The van der Waals surface area contributed by atoms with Gasteiger partial charge < -0.3 is 0 Å². The van der Waals surface area contributed by atoms with Gasteiger partial charge in [-0.2, -0.15) is 22.0 Å². The van der Waals surface area contributed by atoms with Crippen LogP contribution in [-0.2, 0) is 4.79 Å². The third-order valence-corrected chi connectivity index (χ3v) is 4.49. The number of allylic oxidation sites excluding steroid dienone is 8. The molecule has 1 rings (SSSR count). The molecular weight excluding hydrogens is 363 g/mol. The third-order valence-electron chi connectivity index (χ3n) is 4.49. The average molecular weight is 386 g/mol. The van der Waals surface area contributed by atoms with Crippen molar-refractivity contribution in [2.75, 3.05) is 0 Å². The highest BCUT2D eigenvalue weighted by Gasteiger charge is 2.59. The van der Waals surface area contributed by atoms with Crippen LogP contribution in [-0.4, -0.2) is 18.4 Å². The first kappa shape index (κ1) is 22.9. The summed E-state index contributed by atoms with van der Waals surface area (Å²) in [4.78, 5) is 10.4. The largest absolute Gasteiger partial charge is 0.458 e. The van der Waals surface area contributed by atoms with Crippen molar-refractivity contribution in [2.45, 2.75) is 59.1 Å². The summed E-state index contributed by atoms with van der Waals surface area (Å²) >= 11 is 0. The summed E-state index contributed by atoms with van der Waals surface area (Å²) in [6.45, 7) is 8.02. The van der Waals surface area contributed by atoms with E-state index in [-0.39, 0.29) is 17.8 Å². The minimum atomic E-state index is -5.81. The van der Waals surface area contributed by atoms with Crippen LogP contribution < -0.4 is 0 Å². The zero-order valence-corrected chi connectivity index (χ0v) is 15.8. The molecular formula is C21H23F5O. The molecule has 0 unspecified atom stereocenters. The molecule has 1 nitrogen and oxygen atoms in total. The van der Waals surface area contributed by atoms with E-state index in [2.05, 4.69) is 26.7 Å². The lowest BCUT2D eigenvalue weighted by atomic mass is 9.72. The molecule has 0 spiro atoms. The van der Waals surface area contributed by atoms with Gasteiger partial charge in [-0.25, -0.2) is 0 Å². The Kier molecular flexibility index (Phi) is 7.36. The number of carbonyl (C=O) groups is 1. The van der Waals surface area contributed by atoms with Crippen molar-refractivity contribution in [3.05, 3.63) is 46.6 Å². The molecule has 27 heavy (non-hydrogen) atoms. The van der Waals surface area contributed by atoms with Crippen LogP contribution in [0.2, 0.25) is 0 Å². The van der Waals surface area contributed by atoms with Crippen molar-refractivity contribution in [3.8, 4) is 11.8 Å². The molecule has 0 bridgehead atoms. The number of halogens is 5. The molecule has 1 aliphatic rings. The van der Waals surface area contributed by atoms with E-state index in [1.165, 1.54) is 17.2 Å². The van der Waals surface area contributed by atoms with E-state index in [9.17, 15) is 26.7 Å². The van der Waals surface area contributed by atoms with Crippen LogP contribution in [0, 0.1) is 17.3 Å². The highest BCUT2D eigenvalue weighted by Crippen LogP contribution is 2.41. The molecule has 0 fully saturated rings. The van der Waals surface area contributed by atoms with Crippen LogP contribution in [0.15, 0.2) is 46.6 Å². The maximum Gasteiger partial charge on any atom is 0.458 e. The Bertz CT molecular complexity index is 750. The molecule has 6 heteroatoms. The van der Waals surface area contributed by atoms with Gasteiger partial charge in [0.2, 0.25) is 0 Å². The fraction of sp³-hybridized carbons (Fsp3) is 0.476. The number of carbonyl (C=O) groups excluding carboxylic acids is 1. The highest BCUT2D eigenvalue weighted by atomic mass is 19.4. The third kappa shape index (κ3) is 5.92. The summed E-state index contributed by atoms with van der Waals surface area (Å²) in [6.07, 6.45) is 2.31. The lowest BCUT2D eigenvalue weighted by molar-refractivity contribution is -0.262. The second-order valence-corrected chi connectivity index (χ2v) is 7.21. The predicted molar refractivity (Wildman–Crippen MR) is 96.2 cm³/mol. The summed E-state index contributed by atoms with van der Waals surface area (Å²) in [6, 6.07) is 0. The van der Waals surface area contributed by atoms with Gasteiger partial charge in [-0.05, 0) is 61.8 Å². The molecule has 0 N–H and O–H groups in total. The molecule has 0 atom stereocenters. The molecule has 0 aromatic heterocycles. The molecule has 148 valence electrons. The minimum absolute atomic E-state index is 0.0272. The minimum Gasteiger partial charge on any atom is -0.299 e. The van der Waals surface area contributed by atoms with Gasteiger partial charge in [0, 0.05) is 0 Å². The summed E-state index contributed by atoms with van der Waals surface area (Å²) in [5, 5.41) is 0. The number of rotatable bonds is 4. The topological polar surface area (TPSA) is 17.1 Å². The van der Waals surface area contributed by atoms with E-state index in [1.807, 2.05) is 6.08 Å². The predicted octanol–water partition coefficient (Wildman–Crippen LogP) is 6.34. The average Bonchev–Trinajstić information content (AvgIpc) is 2.51. The summed E-state index contributed by atoms with van der Waals surface area (Å²) in [5.41, 5.74) is 1.52. The SMILES string of the molecule is CC1=C(/C=C/C(C)=C/C#C/C(=C/C=O)C(F)(F)C(F)(F)F)C(C)(C)CCC1. The van der Waals surface area contributed by atoms with Gasteiger partial charge in [-0.1, -0.05) is 43.4 Å². The van der Waals surface area contributed by atoms with Crippen molar-refractivity contribution in [2.24, 2.45) is 5.41 Å². The van der Waals surface area contributed by atoms with Gasteiger partial charge >= 0.3 is 12.1 Å². The number of hydrogen-bond acceptors (Lipinski definition) is 1. The first-order valence-corrected chi connectivity index (χ1v) is 8.50. The van der Waals surface area contributed by atoms with Crippen molar-refractivity contribution in [1.29, 1.82) is 0 Å². The first-order valence-electron chi connectivity index (χ1n) is 8.50. The molecule has 0 radical (unpaired) electrons. The lowest BCUT2D eigenvalue weighted by Crippen LogP contribution is -2.38. The van der Waals surface area contributed by atoms with Crippen LogP contribution >= 0.6 is 0 Å². The maximum atomic E-state index is 13.3. The summed E-state index contributed by atoms with van der Waals surface area (Å²) in [5.74, 6) is -1.24. The molecule has 0 amide bonds. The Morgan fingerprint density at radius 1 is 1.19 bits per heavy atom. The van der Waals surface area contributed by atoms with Gasteiger partial charge in [0.25, 0.3) is 0 Å². The number of alkyl halides is 5. The van der Waals surface area contributed by atoms with Gasteiger partial charge in [0.1, 0.15) is 6.29 Å². The van der Waals surface area contributed by atoms with Gasteiger partial charge in [-0.3, -0.25) is 4.79 Å². The van der Waals surface area contributed by atoms with E-state index < -0.39 is 17.7 Å². The standard InChI is InChI=1S/C21H23F5O/c1-15(10-11-18-16(2)8-6-13-19(18,3)4)7-5-9-17(12-14-27)20(22,23)21(24,25)26/h7,10-12,14H,6,8,13H2,1-4H3/b11-10+,15-7+,17-12-. The smallest absolute Gasteiger partial charge is 0.299 e. The van der Waals surface area contributed by atoms with Gasteiger partial charge in [0.05, 0.1) is 5.57 Å². The zero-order valence-electron chi connectivity index (χ0n) is 15.8. The quantitative estimate of drug-likeness (QED) is 0.181. The van der Waals surface area contributed by atoms with Crippen LogP contribution in [0.25, 0.3) is 0 Å².